The number of halogens is 1. The number of hydrogen-bond donors (Lipinski definition) is 1. The van der Waals surface area contributed by atoms with Gasteiger partial charge in [-0.15, -0.1) is 10.2 Å². The summed E-state index contributed by atoms with van der Waals surface area (Å²) in [5.74, 6) is -0.982. The second-order valence-electron chi connectivity index (χ2n) is 6.95. The Labute approximate surface area is 177 Å². The lowest BCUT2D eigenvalue weighted by Crippen LogP contribution is -2.31. The van der Waals surface area contributed by atoms with Crippen LogP contribution in [0.25, 0.3) is 0 Å². The van der Waals surface area contributed by atoms with E-state index >= 15 is 0 Å². The SMILES string of the molecule is Cc1ccccc1S(=O)(=O)N1CCC[C@H]1c1nnc(C(=O)Nc2cccc(F)c2)s1. The molecule has 1 atom stereocenters. The van der Waals surface area contributed by atoms with Gasteiger partial charge in [-0.25, -0.2) is 12.8 Å². The first-order chi connectivity index (χ1) is 14.4. The number of carbonyl (C=O) groups is 1. The first kappa shape index (κ1) is 20.6. The van der Waals surface area contributed by atoms with Gasteiger partial charge < -0.3 is 5.32 Å². The van der Waals surface area contributed by atoms with Crippen molar-refractivity contribution in [1.82, 2.24) is 14.5 Å². The normalized spacial score (nSPS) is 17.2. The van der Waals surface area contributed by atoms with Crippen molar-refractivity contribution in [2.24, 2.45) is 0 Å². The Morgan fingerprint density at radius 1 is 1.20 bits per heavy atom. The van der Waals surface area contributed by atoms with Gasteiger partial charge in [0.25, 0.3) is 5.91 Å². The van der Waals surface area contributed by atoms with Crippen LogP contribution in [0.3, 0.4) is 0 Å². The molecule has 0 unspecified atom stereocenters. The minimum atomic E-state index is -3.70. The van der Waals surface area contributed by atoms with Crippen molar-refractivity contribution in [3.05, 3.63) is 69.9 Å². The Morgan fingerprint density at radius 2 is 2.00 bits per heavy atom. The maximum atomic E-state index is 13.3. The third kappa shape index (κ3) is 3.98. The maximum Gasteiger partial charge on any atom is 0.286 e. The molecule has 2 aromatic carbocycles. The third-order valence-corrected chi connectivity index (χ3v) is 7.98. The number of hydrogen-bond acceptors (Lipinski definition) is 6. The average molecular weight is 447 g/mol. The van der Waals surface area contributed by atoms with E-state index in [0.29, 0.717) is 35.6 Å². The molecule has 0 aliphatic carbocycles. The minimum absolute atomic E-state index is 0.0920. The van der Waals surface area contributed by atoms with Crippen LogP contribution in [0.2, 0.25) is 0 Å². The van der Waals surface area contributed by atoms with Gasteiger partial charge in [-0.3, -0.25) is 4.79 Å². The maximum absolute atomic E-state index is 13.3. The van der Waals surface area contributed by atoms with Crippen LogP contribution >= 0.6 is 11.3 Å². The smallest absolute Gasteiger partial charge is 0.286 e. The van der Waals surface area contributed by atoms with E-state index in [9.17, 15) is 17.6 Å². The topological polar surface area (TPSA) is 92.3 Å². The van der Waals surface area contributed by atoms with Gasteiger partial charge in [0, 0.05) is 12.2 Å². The predicted octanol–water partition coefficient (Wildman–Crippen LogP) is 3.76. The highest BCUT2D eigenvalue weighted by atomic mass is 32.2. The second-order valence-corrected chi connectivity index (χ2v) is 9.82. The molecule has 3 aromatic rings. The molecular weight excluding hydrogens is 427 g/mol. The molecular formula is C20H19FN4O3S2. The lowest BCUT2D eigenvalue weighted by atomic mass is 10.2. The standard InChI is InChI=1S/C20H19FN4O3S2/c1-13-6-2-3-10-17(13)30(27,28)25-11-5-9-16(25)19-23-24-20(29-19)18(26)22-15-8-4-7-14(21)12-15/h2-4,6-8,10,12,16H,5,9,11H2,1H3,(H,22,26)/t16-/m0/s1. The number of rotatable bonds is 5. The van der Waals surface area contributed by atoms with Crippen molar-refractivity contribution in [2.45, 2.75) is 30.7 Å². The van der Waals surface area contributed by atoms with Crippen molar-refractivity contribution in [3.8, 4) is 0 Å². The second kappa shape index (κ2) is 8.21. The van der Waals surface area contributed by atoms with Crippen LogP contribution in [-0.4, -0.2) is 35.4 Å². The molecule has 1 saturated heterocycles. The van der Waals surface area contributed by atoms with E-state index in [1.165, 1.54) is 22.5 Å². The summed E-state index contributed by atoms with van der Waals surface area (Å²) in [4.78, 5) is 12.7. The molecule has 4 rings (SSSR count). The van der Waals surface area contributed by atoms with E-state index in [4.69, 9.17) is 0 Å². The van der Waals surface area contributed by atoms with Gasteiger partial charge in [-0.05, 0) is 49.6 Å². The highest BCUT2D eigenvalue weighted by Crippen LogP contribution is 2.38. The van der Waals surface area contributed by atoms with E-state index in [1.54, 1.807) is 37.3 Å². The Bertz CT molecular complexity index is 1200. The average Bonchev–Trinajstić information content (AvgIpc) is 3.38. The molecule has 0 radical (unpaired) electrons. The van der Waals surface area contributed by atoms with Crippen LogP contribution in [0.5, 0.6) is 0 Å². The summed E-state index contributed by atoms with van der Waals surface area (Å²) < 4.78 is 41.2. The highest BCUT2D eigenvalue weighted by Gasteiger charge is 2.39. The summed E-state index contributed by atoms with van der Waals surface area (Å²) in [6, 6.07) is 11.9. The quantitative estimate of drug-likeness (QED) is 0.644. The van der Waals surface area contributed by atoms with Crippen LogP contribution in [-0.2, 0) is 10.0 Å². The van der Waals surface area contributed by atoms with Crippen molar-refractivity contribution in [3.63, 3.8) is 0 Å². The molecule has 1 fully saturated rings. The molecule has 30 heavy (non-hydrogen) atoms. The zero-order chi connectivity index (χ0) is 21.3. The minimum Gasteiger partial charge on any atom is -0.320 e. The predicted molar refractivity (Wildman–Crippen MR) is 111 cm³/mol. The third-order valence-electron chi connectivity index (χ3n) is 4.89. The molecule has 1 aliphatic rings. The number of carbonyl (C=O) groups excluding carboxylic acids is 1. The first-order valence-corrected chi connectivity index (χ1v) is 11.6. The molecule has 0 spiro atoms. The molecule has 1 aromatic heterocycles. The molecule has 2 heterocycles. The molecule has 1 N–H and O–H groups in total. The van der Waals surface area contributed by atoms with Gasteiger partial charge in [-0.2, -0.15) is 4.31 Å². The van der Waals surface area contributed by atoms with Crippen molar-refractivity contribution < 1.29 is 17.6 Å². The number of nitrogens with zero attached hydrogens (tertiary/aromatic N) is 3. The van der Waals surface area contributed by atoms with Gasteiger partial charge >= 0.3 is 0 Å². The fourth-order valence-electron chi connectivity index (χ4n) is 3.46. The number of aromatic nitrogens is 2. The number of anilines is 1. The van der Waals surface area contributed by atoms with Gasteiger partial charge in [0.2, 0.25) is 15.0 Å². The van der Waals surface area contributed by atoms with Crippen molar-refractivity contribution in [2.75, 3.05) is 11.9 Å². The number of sulfonamides is 1. The summed E-state index contributed by atoms with van der Waals surface area (Å²) in [5.41, 5.74) is 0.983. The van der Waals surface area contributed by atoms with E-state index in [0.717, 1.165) is 11.3 Å². The van der Waals surface area contributed by atoms with Gasteiger partial charge in [0.05, 0.1) is 10.9 Å². The number of benzene rings is 2. The van der Waals surface area contributed by atoms with Crippen LogP contribution < -0.4 is 5.32 Å². The Kier molecular flexibility index (Phi) is 5.63. The van der Waals surface area contributed by atoms with E-state index in [-0.39, 0.29) is 9.90 Å². The molecule has 156 valence electrons. The fourth-order valence-corrected chi connectivity index (χ4v) is 6.30. The monoisotopic (exact) mass is 446 g/mol. The van der Waals surface area contributed by atoms with Gasteiger partial charge in [-0.1, -0.05) is 35.6 Å². The van der Waals surface area contributed by atoms with Crippen LogP contribution in [0.1, 0.15) is 39.3 Å². The fraction of sp³-hybridized carbons (Fsp3) is 0.250. The lowest BCUT2D eigenvalue weighted by Gasteiger charge is -2.23. The van der Waals surface area contributed by atoms with Crippen molar-refractivity contribution >= 4 is 33.0 Å². The Hall–Kier alpha value is -2.69. The molecule has 1 amide bonds. The largest absolute Gasteiger partial charge is 0.320 e. The summed E-state index contributed by atoms with van der Waals surface area (Å²) in [7, 11) is -3.70. The van der Waals surface area contributed by atoms with Gasteiger partial charge in [0.1, 0.15) is 10.8 Å². The summed E-state index contributed by atoms with van der Waals surface area (Å²) in [6.45, 7) is 2.14. The number of aryl methyl sites for hydroxylation is 1. The first-order valence-electron chi connectivity index (χ1n) is 9.34. The molecule has 1 aliphatic heterocycles. The number of nitrogens with one attached hydrogen (secondary N) is 1. The zero-order valence-corrected chi connectivity index (χ0v) is 17.7. The highest BCUT2D eigenvalue weighted by molar-refractivity contribution is 7.89. The summed E-state index contributed by atoms with van der Waals surface area (Å²) in [6.07, 6.45) is 1.30. The molecule has 0 saturated carbocycles. The number of amides is 1. The van der Waals surface area contributed by atoms with Crippen molar-refractivity contribution in [1.29, 1.82) is 0 Å². The van der Waals surface area contributed by atoms with Crippen LogP contribution in [0.4, 0.5) is 10.1 Å². The summed E-state index contributed by atoms with van der Waals surface area (Å²) in [5, 5.41) is 11.1. The summed E-state index contributed by atoms with van der Waals surface area (Å²) >= 11 is 1.05. The Morgan fingerprint density at radius 3 is 2.77 bits per heavy atom. The van der Waals surface area contributed by atoms with Crippen LogP contribution in [0, 0.1) is 12.7 Å². The lowest BCUT2D eigenvalue weighted by molar-refractivity contribution is 0.102. The van der Waals surface area contributed by atoms with Gasteiger partial charge in [0.15, 0.2) is 0 Å². The van der Waals surface area contributed by atoms with E-state index in [1.807, 2.05) is 0 Å². The van der Waals surface area contributed by atoms with E-state index in [2.05, 4.69) is 15.5 Å². The van der Waals surface area contributed by atoms with E-state index < -0.39 is 27.8 Å². The molecule has 10 heteroatoms. The molecule has 0 bridgehead atoms. The van der Waals surface area contributed by atoms with Crippen LogP contribution in [0.15, 0.2) is 53.4 Å². The molecule has 7 nitrogen and oxygen atoms in total. The zero-order valence-electron chi connectivity index (χ0n) is 16.1. The Balaban J connectivity index is 1.56.